The van der Waals surface area contributed by atoms with Crippen LogP contribution in [-0.4, -0.2) is 47.4 Å². The summed E-state index contributed by atoms with van der Waals surface area (Å²) in [6, 6.07) is 0. The Balaban J connectivity index is 0. The van der Waals surface area contributed by atoms with Crippen molar-refractivity contribution in [3.05, 3.63) is 0 Å². The Labute approximate surface area is 96.4 Å². The van der Waals surface area contributed by atoms with Gasteiger partial charge in [0.05, 0.1) is 0 Å². The Morgan fingerprint density at radius 2 is 1.00 bits per heavy atom. The maximum absolute atomic E-state index is 0. The number of hydrogen-bond donors (Lipinski definition) is 0. The van der Waals surface area contributed by atoms with Crippen LogP contribution in [0.15, 0.2) is 0 Å². The van der Waals surface area contributed by atoms with Crippen molar-refractivity contribution < 1.29 is 55.8 Å². The summed E-state index contributed by atoms with van der Waals surface area (Å²) in [4.78, 5) is 0. The minimum Gasteiger partial charge on any atom is -0.870 e. The molecule has 0 spiro atoms. The third kappa shape index (κ3) is 28.9. The molecule has 0 aromatic carbocycles. The topological polar surface area (TPSA) is 30.0 Å². The van der Waals surface area contributed by atoms with E-state index in [1.807, 2.05) is 0 Å². The van der Waals surface area contributed by atoms with Gasteiger partial charge in [-0.2, -0.15) is 0 Å². The van der Waals surface area contributed by atoms with Crippen molar-refractivity contribution >= 4 is 41.9 Å². The first-order valence-corrected chi connectivity index (χ1v) is 0. The predicted octanol–water partition coefficient (Wildman–Crippen LogP) is -1.48. The summed E-state index contributed by atoms with van der Waals surface area (Å²) >= 11 is 0. The second-order valence-electron chi connectivity index (χ2n) is 0. The quantitative estimate of drug-likeness (QED) is 0.460. The van der Waals surface area contributed by atoms with Crippen molar-refractivity contribution in [3.8, 4) is 0 Å². The van der Waals surface area contributed by atoms with Crippen molar-refractivity contribution in [1.29, 1.82) is 0 Å². The van der Waals surface area contributed by atoms with Crippen LogP contribution in [0.1, 0.15) is 0 Å². The van der Waals surface area contributed by atoms with E-state index in [0.717, 1.165) is 0 Å². The summed E-state index contributed by atoms with van der Waals surface area (Å²) in [5.41, 5.74) is 0. The van der Waals surface area contributed by atoms with E-state index in [1.54, 1.807) is 0 Å². The second kappa shape index (κ2) is 45.4. The van der Waals surface area contributed by atoms with Crippen molar-refractivity contribution in [3.63, 3.8) is 0 Å². The van der Waals surface area contributed by atoms with Gasteiger partial charge in [-0.25, -0.2) is 0 Å². The van der Waals surface area contributed by atoms with Gasteiger partial charge < -0.3 is 5.48 Å². The minimum atomic E-state index is 0. The zero-order valence-corrected chi connectivity index (χ0v) is 7.68. The fourth-order valence-corrected chi connectivity index (χ4v) is 0. The Hall–Kier alpha value is 2.84. The van der Waals surface area contributed by atoms with Crippen LogP contribution in [0.5, 0.6) is 0 Å². The fraction of sp³-hybridized carbons (Fsp3) is 0. The van der Waals surface area contributed by atoms with Crippen LogP contribution in [-0.2, 0) is 50.3 Å². The molecular weight excluding hydrogens is 220 g/mol. The van der Waals surface area contributed by atoms with Gasteiger partial charge in [0.1, 0.15) is 0 Å². The largest absolute Gasteiger partial charge is 0.870 e. The van der Waals surface area contributed by atoms with E-state index in [-0.39, 0.29) is 97.7 Å². The molecule has 0 amide bonds. The van der Waals surface area contributed by atoms with Gasteiger partial charge in [0, 0.05) is 50.3 Å². The maximum Gasteiger partial charge on any atom is 0 e. The molecule has 0 heterocycles. The average Bonchev–Trinajstić information content (AvgIpc) is 0. The normalized spacial score (nSPS) is 0. The first-order valence-electron chi connectivity index (χ1n) is 0. The molecule has 0 fully saturated rings. The summed E-state index contributed by atoms with van der Waals surface area (Å²) in [5, 5.41) is 0. The van der Waals surface area contributed by atoms with Crippen LogP contribution in [0.2, 0.25) is 0 Å². The molecule has 6 heavy (non-hydrogen) atoms. The minimum absolute atomic E-state index is 0. The second-order valence-corrected chi connectivity index (χ2v) is 0. The van der Waals surface area contributed by atoms with Crippen LogP contribution in [0.25, 0.3) is 0 Å². The summed E-state index contributed by atoms with van der Waals surface area (Å²) in [6.07, 6.45) is 0. The average molecular weight is 223 g/mol. The molecule has 0 saturated heterocycles. The number of hydrogen-bond acceptors (Lipinski definition) is 1. The smallest absolute Gasteiger partial charge is 0 e. The van der Waals surface area contributed by atoms with Crippen LogP contribution >= 0.6 is 0 Å². The summed E-state index contributed by atoms with van der Waals surface area (Å²) in [6.45, 7) is 0. The molecule has 0 aromatic rings. The third-order valence-corrected chi connectivity index (χ3v) is 0. The van der Waals surface area contributed by atoms with E-state index < -0.39 is 0 Å². The molecule has 0 aliphatic rings. The van der Waals surface area contributed by atoms with Gasteiger partial charge >= 0.3 is 41.9 Å². The van der Waals surface area contributed by atoms with Gasteiger partial charge in [-0.1, -0.05) is 0 Å². The van der Waals surface area contributed by atoms with Crippen molar-refractivity contribution in [2.24, 2.45) is 0 Å². The molecule has 0 rings (SSSR count). The summed E-state index contributed by atoms with van der Waals surface area (Å²) < 4.78 is 0. The van der Waals surface area contributed by atoms with Crippen LogP contribution in [0.3, 0.4) is 0 Å². The van der Waals surface area contributed by atoms with E-state index in [2.05, 4.69) is 0 Å². The standard InChI is InChI=1S/Co.Li.Mg.Mn.Ni.H2O.2H/h;;;;;1H2;;/q;;+1;;;;;/p-1. The molecular formula is H3CoLiMgMnNiO. The molecule has 1 N–H and O–H groups in total. The van der Waals surface area contributed by atoms with Crippen molar-refractivity contribution in [2.75, 3.05) is 0 Å². The van der Waals surface area contributed by atoms with Crippen LogP contribution < -0.4 is 0 Å². The van der Waals surface area contributed by atoms with Crippen LogP contribution in [0.4, 0.5) is 0 Å². The zero-order valence-electron chi connectivity index (χ0n) is 2.47. The Morgan fingerprint density at radius 3 is 1.00 bits per heavy atom. The van der Waals surface area contributed by atoms with Gasteiger partial charge in [0.2, 0.25) is 0 Å². The molecule has 1 nitrogen and oxygen atoms in total. The van der Waals surface area contributed by atoms with Gasteiger partial charge in [0.15, 0.2) is 0 Å². The third-order valence-electron chi connectivity index (χ3n) is 0. The molecule has 2 radical (unpaired) electrons. The Morgan fingerprint density at radius 1 is 1.00 bits per heavy atom. The molecule has 0 saturated carbocycles. The zero-order chi connectivity index (χ0) is 0. The van der Waals surface area contributed by atoms with Crippen molar-refractivity contribution in [1.82, 2.24) is 0 Å². The number of rotatable bonds is 0. The SMILES string of the molecule is [Co].[LiH].[MgH+].[Mn].[Ni].[OH-]. The van der Waals surface area contributed by atoms with E-state index in [9.17, 15) is 0 Å². The molecule has 0 bridgehead atoms. The maximum atomic E-state index is 0. The van der Waals surface area contributed by atoms with Crippen LogP contribution in [0, 0.1) is 0 Å². The van der Waals surface area contributed by atoms with E-state index in [1.165, 1.54) is 0 Å². The Kier molecular flexibility index (Phi) is 510. The first-order chi connectivity index (χ1) is 0. The van der Waals surface area contributed by atoms with Gasteiger partial charge in [-0.15, -0.1) is 0 Å². The van der Waals surface area contributed by atoms with Gasteiger partial charge in [-0.3, -0.25) is 0 Å². The fourth-order valence-electron chi connectivity index (χ4n) is 0. The van der Waals surface area contributed by atoms with Gasteiger partial charge in [-0.05, 0) is 0 Å². The molecule has 38 valence electrons. The van der Waals surface area contributed by atoms with Crippen molar-refractivity contribution in [2.45, 2.75) is 0 Å². The van der Waals surface area contributed by atoms with E-state index in [4.69, 9.17) is 0 Å². The Bertz CT molecular complexity index is 15.5. The van der Waals surface area contributed by atoms with E-state index >= 15 is 0 Å². The van der Waals surface area contributed by atoms with E-state index in [0.29, 0.717) is 0 Å². The molecule has 0 unspecified atom stereocenters. The molecule has 0 aliphatic heterocycles. The summed E-state index contributed by atoms with van der Waals surface area (Å²) in [5.74, 6) is 0. The molecule has 0 aromatic heterocycles. The van der Waals surface area contributed by atoms with Gasteiger partial charge in [0.25, 0.3) is 0 Å². The molecule has 0 atom stereocenters. The first kappa shape index (κ1) is 67.3. The summed E-state index contributed by atoms with van der Waals surface area (Å²) in [7, 11) is 0. The predicted molar refractivity (Wildman–Crippen MR) is 16.2 cm³/mol. The monoisotopic (exact) mass is 222 g/mol. The molecule has 6 heteroatoms. The molecule has 0 aliphatic carbocycles.